The van der Waals surface area contributed by atoms with Crippen molar-refractivity contribution in [2.24, 2.45) is 0 Å². The summed E-state index contributed by atoms with van der Waals surface area (Å²) in [5.74, 6) is 1.80. The first kappa shape index (κ1) is 29.0. The fourth-order valence-electron chi connectivity index (χ4n) is 7.13. The minimum absolute atomic E-state index is 0.581. The van der Waals surface area contributed by atoms with Crippen molar-refractivity contribution in [2.75, 3.05) is 0 Å². The lowest BCUT2D eigenvalue weighted by atomic mass is 9.96. The van der Waals surface area contributed by atoms with Crippen LogP contribution in [-0.4, -0.2) is 15.0 Å². The van der Waals surface area contributed by atoms with Gasteiger partial charge in [0.2, 0.25) is 0 Å². The number of aromatic nitrogens is 3. The van der Waals surface area contributed by atoms with E-state index in [0.717, 1.165) is 71.7 Å². The van der Waals surface area contributed by atoms with Crippen molar-refractivity contribution in [3.05, 3.63) is 176 Å². The summed E-state index contributed by atoms with van der Waals surface area (Å²) < 4.78 is 6.66. The van der Waals surface area contributed by atoms with Crippen molar-refractivity contribution >= 4 is 43.5 Å². The fraction of sp³-hybridized carbons (Fsp3) is 0. The Hall–Kier alpha value is -6.91. The lowest BCUT2D eigenvalue weighted by Crippen LogP contribution is -2.00. The predicted octanol–water partition coefficient (Wildman–Crippen LogP) is 12.4. The average Bonchev–Trinajstić information content (AvgIpc) is 3.57. The molecule has 4 heteroatoms. The molecule has 0 radical (unpaired) electrons. The fourth-order valence-corrected chi connectivity index (χ4v) is 7.13. The Morgan fingerprint density at radius 2 is 0.863 bits per heavy atom. The summed E-state index contributed by atoms with van der Waals surface area (Å²) in [4.78, 5) is 15.4. The number of nitrogens with zero attached hydrogens (tertiary/aromatic N) is 3. The van der Waals surface area contributed by atoms with Crippen molar-refractivity contribution in [3.63, 3.8) is 0 Å². The lowest BCUT2D eigenvalue weighted by molar-refractivity contribution is 0.669. The molecule has 0 spiro atoms. The van der Waals surface area contributed by atoms with Crippen LogP contribution < -0.4 is 0 Å². The third-order valence-electron chi connectivity index (χ3n) is 9.65. The maximum Gasteiger partial charge on any atom is 0.164 e. The van der Waals surface area contributed by atoms with E-state index >= 15 is 0 Å². The molecule has 0 aliphatic carbocycles. The van der Waals surface area contributed by atoms with Gasteiger partial charge in [0.05, 0.1) is 0 Å². The Balaban J connectivity index is 1.22. The van der Waals surface area contributed by atoms with Crippen molar-refractivity contribution in [1.82, 2.24) is 15.0 Å². The van der Waals surface area contributed by atoms with Gasteiger partial charge in [0.15, 0.2) is 17.5 Å². The summed E-state index contributed by atoms with van der Waals surface area (Å²) in [7, 11) is 0. The van der Waals surface area contributed by atoms with Gasteiger partial charge in [-0.3, -0.25) is 0 Å². The first-order valence-corrected chi connectivity index (χ1v) is 17.1. The van der Waals surface area contributed by atoms with Crippen LogP contribution in [0.15, 0.2) is 180 Å². The first-order valence-electron chi connectivity index (χ1n) is 17.1. The van der Waals surface area contributed by atoms with Gasteiger partial charge in [0.25, 0.3) is 0 Å². The van der Waals surface area contributed by atoms with E-state index in [1.807, 2.05) is 12.1 Å². The molecular weight excluding hydrogens is 623 g/mol. The topological polar surface area (TPSA) is 51.8 Å². The zero-order valence-corrected chi connectivity index (χ0v) is 27.5. The highest BCUT2D eigenvalue weighted by Gasteiger charge is 2.19. The van der Waals surface area contributed by atoms with Crippen LogP contribution in [0.1, 0.15) is 0 Å². The van der Waals surface area contributed by atoms with E-state index < -0.39 is 0 Å². The van der Waals surface area contributed by atoms with E-state index in [9.17, 15) is 0 Å². The van der Waals surface area contributed by atoms with Crippen LogP contribution in [0, 0.1) is 0 Å². The first-order chi connectivity index (χ1) is 25.2. The van der Waals surface area contributed by atoms with Crippen LogP contribution in [0.3, 0.4) is 0 Å². The molecule has 0 bridgehead atoms. The smallest absolute Gasteiger partial charge is 0.164 e. The number of rotatable bonds is 5. The molecule has 51 heavy (non-hydrogen) atoms. The van der Waals surface area contributed by atoms with E-state index in [1.54, 1.807) is 0 Å². The van der Waals surface area contributed by atoms with Crippen LogP contribution in [-0.2, 0) is 0 Å². The zero-order valence-electron chi connectivity index (χ0n) is 27.5. The van der Waals surface area contributed by atoms with Gasteiger partial charge >= 0.3 is 0 Å². The standard InChI is InChI=1S/C47H29N3O/c1-3-12-30(13-4-1)34-20-11-21-37(24-34)45-48-46(38-23-22-31-14-7-8-17-33(31)25-38)50-47(49-45)39-27-40(32-15-5-2-6-16-32)44-41-26-35-18-9-10-19-36(35)28-42(41)51-43(44)29-39/h1-29H. The molecule has 0 atom stereocenters. The largest absolute Gasteiger partial charge is 0.456 e. The minimum atomic E-state index is 0.581. The second kappa shape index (κ2) is 11.9. The molecule has 2 aromatic heterocycles. The maximum atomic E-state index is 6.66. The Morgan fingerprint density at radius 3 is 1.59 bits per heavy atom. The molecule has 0 aliphatic heterocycles. The molecule has 0 saturated carbocycles. The zero-order chi connectivity index (χ0) is 33.7. The van der Waals surface area contributed by atoms with Crippen molar-refractivity contribution in [3.8, 4) is 56.4 Å². The van der Waals surface area contributed by atoms with Gasteiger partial charge in [-0.25, -0.2) is 15.0 Å². The van der Waals surface area contributed by atoms with Gasteiger partial charge in [-0.2, -0.15) is 0 Å². The van der Waals surface area contributed by atoms with Gasteiger partial charge in [0.1, 0.15) is 11.2 Å². The molecule has 0 fully saturated rings. The van der Waals surface area contributed by atoms with E-state index in [1.165, 1.54) is 10.8 Å². The van der Waals surface area contributed by atoms with Crippen LogP contribution in [0.4, 0.5) is 0 Å². The molecule has 0 N–H and O–H groups in total. The summed E-state index contributed by atoms with van der Waals surface area (Å²) >= 11 is 0. The van der Waals surface area contributed by atoms with Crippen molar-refractivity contribution < 1.29 is 4.42 Å². The predicted molar refractivity (Wildman–Crippen MR) is 209 cm³/mol. The van der Waals surface area contributed by atoms with E-state index in [0.29, 0.717) is 17.5 Å². The van der Waals surface area contributed by atoms with E-state index in [4.69, 9.17) is 19.4 Å². The molecule has 0 amide bonds. The Labute approximate surface area is 294 Å². The Morgan fingerprint density at radius 1 is 0.314 bits per heavy atom. The highest BCUT2D eigenvalue weighted by atomic mass is 16.3. The number of furan rings is 1. The highest BCUT2D eigenvalue weighted by Crippen LogP contribution is 2.41. The molecule has 0 unspecified atom stereocenters. The van der Waals surface area contributed by atoms with Gasteiger partial charge < -0.3 is 4.42 Å². The van der Waals surface area contributed by atoms with Gasteiger partial charge in [-0.15, -0.1) is 0 Å². The van der Waals surface area contributed by atoms with Gasteiger partial charge in [-0.1, -0.05) is 140 Å². The highest BCUT2D eigenvalue weighted by molar-refractivity contribution is 6.16. The van der Waals surface area contributed by atoms with Crippen LogP contribution in [0.2, 0.25) is 0 Å². The molecule has 0 aliphatic rings. The van der Waals surface area contributed by atoms with E-state index in [-0.39, 0.29) is 0 Å². The van der Waals surface area contributed by atoms with Crippen molar-refractivity contribution in [2.45, 2.75) is 0 Å². The average molecular weight is 652 g/mol. The van der Waals surface area contributed by atoms with Gasteiger partial charge in [0, 0.05) is 27.5 Å². The molecule has 10 rings (SSSR count). The molecule has 10 aromatic rings. The summed E-state index contributed by atoms with van der Waals surface area (Å²) in [5.41, 5.74) is 8.75. The summed E-state index contributed by atoms with van der Waals surface area (Å²) in [6, 6.07) is 61.1. The number of fused-ring (bicyclic) bond motifs is 5. The third-order valence-corrected chi connectivity index (χ3v) is 9.65. The molecule has 4 nitrogen and oxygen atoms in total. The summed E-state index contributed by atoms with van der Waals surface area (Å²) in [6.07, 6.45) is 0. The minimum Gasteiger partial charge on any atom is -0.456 e. The SMILES string of the molecule is c1ccc(-c2cccc(-c3nc(-c4ccc5ccccc5c4)nc(-c4cc(-c5ccccc5)c5c(c4)oc4cc6ccccc6cc45)n3)c2)cc1. The normalized spacial score (nSPS) is 11.5. The molecular formula is C47H29N3O. The quantitative estimate of drug-likeness (QED) is 0.186. The number of benzene rings is 8. The Kier molecular flexibility index (Phi) is 6.78. The third kappa shape index (κ3) is 5.22. The lowest BCUT2D eigenvalue weighted by Gasteiger charge is -2.12. The summed E-state index contributed by atoms with van der Waals surface area (Å²) in [6.45, 7) is 0. The number of hydrogen-bond donors (Lipinski definition) is 0. The van der Waals surface area contributed by atoms with Crippen LogP contribution in [0.5, 0.6) is 0 Å². The molecule has 238 valence electrons. The number of hydrogen-bond acceptors (Lipinski definition) is 4. The monoisotopic (exact) mass is 651 g/mol. The van der Waals surface area contributed by atoms with Gasteiger partial charge in [-0.05, 0) is 80.2 Å². The maximum absolute atomic E-state index is 6.66. The molecule has 8 aromatic carbocycles. The van der Waals surface area contributed by atoms with Crippen molar-refractivity contribution in [1.29, 1.82) is 0 Å². The van der Waals surface area contributed by atoms with Crippen LogP contribution >= 0.6 is 0 Å². The molecule has 2 heterocycles. The van der Waals surface area contributed by atoms with Crippen LogP contribution in [0.25, 0.3) is 99.9 Å². The Bertz CT molecular complexity index is 2910. The van der Waals surface area contributed by atoms with E-state index in [2.05, 4.69) is 164 Å². The molecule has 0 saturated heterocycles. The second-order valence-electron chi connectivity index (χ2n) is 12.9. The second-order valence-corrected chi connectivity index (χ2v) is 12.9. The summed E-state index contributed by atoms with van der Waals surface area (Å²) in [5, 5.41) is 6.78.